The van der Waals surface area contributed by atoms with Crippen molar-refractivity contribution in [2.45, 2.75) is 52.2 Å². The average molecular weight is 309 g/mol. The Hall–Kier alpha value is -1.82. The van der Waals surface area contributed by atoms with E-state index in [-0.39, 0.29) is 35.1 Å². The summed E-state index contributed by atoms with van der Waals surface area (Å²) in [7, 11) is 1.67. The van der Waals surface area contributed by atoms with E-state index in [2.05, 4.69) is 5.32 Å². The molecule has 1 amide bonds. The lowest BCUT2D eigenvalue weighted by Crippen LogP contribution is -2.68. The van der Waals surface area contributed by atoms with Crippen LogP contribution in [0.2, 0.25) is 0 Å². The molecule has 2 rings (SSSR count). The molecule has 1 aliphatic rings. The molecule has 6 nitrogen and oxygen atoms in total. The Bertz CT molecular complexity index is 604. The molecular formula is C16H23NO5. The van der Waals surface area contributed by atoms with E-state index >= 15 is 0 Å². The highest BCUT2D eigenvalue weighted by atomic mass is 16.5. The third-order valence-electron chi connectivity index (χ3n) is 5.17. The molecule has 0 spiro atoms. The van der Waals surface area contributed by atoms with Gasteiger partial charge in [-0.15, -0.1) is 0 Å². The Labute approximate surface area is 129 Å². The Morgan fingerprint density at radius 1 is 1.45 bits per heavy atom. The summed E-state index contributed by atoms with van der Waals surface area (Å²) in [6.45, 7) is 7.85. The van der Waals surface area contributed by atoms with Crippen LogP contribution in [0.5, 0.6) is 0 Å². The number of carbonyl (C=O) groups excluding carboxylic acids is 1. The summed E-state index contributed by atoms with van der Waals surface area (Å²) in [5.41, 5.74) is 0.479. The number of carboxylic acid groups (broad SMARTS) is 1. The normalized spacial score (nSPS) is 26.3. The molecule has 6 heteroatoms. The maximum absolute atomic E-state index is 12.5. The number of methoxy groups -OCH3 is 1. The van der Waals surface area contributed by atoms with Crippen molar-refractivity contribution < 1.29 is 23.8 Å². The van der Waals surface area contributed by atoms with Gasteiger partial charge < -0.3 is 19.6 Å². The summed E-state index contributed by atoms with van der Waals surface area (Å²) in [5, 5.41) is 11.9. The standard InChI is InChI=1S/C16H23NO5/c1-9-8-22-10(6-12(18)19)13(9)14(20)17-11-7-16(4,21-5)15(11,2)3/h8,11H,6-7H2,1-5H3,(H,17,20)(H,18,19). The van der Waals surface area contributed by atoms with Crippen LogP contribution in [0, 0.1) is 12.3 Å². The van der Waals surface area contributed by atoms with Crippen molar-refractivity contribution in [3.8, 4) is 0 Å². The predicted octanol–water partition coefficient (Wildman–Crippen LogP) is 2.15. The van der Waals surface area contributed by atoms with E-state index in [1.165, 1.54) is 6.26 Å². The lowest BCUT2D eigenvalue weighted by Gasteiger charge is -2.59. The molecule has 0 aromatic carbocycles. The first-order chi connectivity index (χ1) is 10.1. The number of amides is 1. The highest BCUT2D eigenvalue weighted by Gasteiger charge is 2.58. The fraction of sp³-hybridized carbons (Fsp3) is 0.625. The molecule has 1 saturated carbocycles. The largest absolute Gasteiger partial charge is 0.481 e. The van der Waals surface area contributed by atoms with Crippen LogP contribution in [0.1, 0.15) is 48.9 Å². The third-order valence-corrected chi connectivity index (χ3v) is 5.17. The quantitative estimate of drug-likeness (QED) is 0.870. The molecule has 2 unspecified atom stereocenters. The number of hydrogen-bond donors (Lipinski definition) is 2. The molecule has 1 aromatic rings. The van der Waals surface area contributed by atoms with Gasteiger partial charge in [0.1, 0.15) is 12.2 Å². The van der Waals surface area contributed by atoms with Crippen molar-refractivity contribution in [3.63, 3.8) is 0 Å². The summed E-state index contributed by atoms with van der Waals surface area (Å²) in [6, 6.07) is -0.0306. The molecule has 2 N–H and O–H groups in total. The van der Waals surface area contributed by atoms with Gasteiger partial charge in [-0.25, -0.2) is 0 Å². The number of hydrogen-bond acceptors (Lipinski definition) is 4. The molecule has 1 heterocycles. The minimum atomic E-state index is -1.03. The van der Waals surface area contributed by atoms with Crippen LogP contribution in [0.4, 0.5) is 0 Å². The van der Waals surface area contributed by atoms with Gasteiger partial charge in [-0.3, -0.25) is 9.59 Å². The molecule has 2 atom stereocenters. The van der Waals surface area contributed by atoms with Crippen LogP contribution < -0.4 is 5.32 Å². The molecular weight excluding hydrogens is 286 g/mol. The number of rotatable bonds is 5. The maximum Gasteiger partial charge on any atom is 0.311 e. The SMILES string of the molecule is COC1(C)CC(NC(=O)c2c(C)coc2CC(=O)O)C1(C)C. The topological polar surface area (TPSA) is 88.8 Å². The van der Waals surface area contributed by atoms with Crippen LogP contribution in [0.25, 0.3) is 0 Å². The fourth-order valence-corrected chi connectivity index (χ4v) is 3.02. The zero-order valence-electron chi connectivity index (χ0n) is 13.6. The van der Waals surface area contributed by atoms with E-state index in [1.54, 1.807) is 14.0 Å². The van der Waals surface area contributed by atoms with Gasteiger partial charge in [0, 0.05) is 24.1 Å². The second kappa shape index (κ2) is 5.43. The van der Waals surface area contributed by atoms with Crippen molar-refractivity contribution in [2.24, 2.45) is 5.41 Å². The second-order valence-corrected chi connectivity index (χ2v) is 6.67. The molecule has 0 aliphatic heterocycles. The van der Waals surface area contributed by atoms with Crippen molar-refractivity contribution >= 4 is 11.9 Å². The number of ether oxygens (including phenoxy) is 1. The van der Waals surface area contributed by atoms with Crippen LogP contribution in [0.15, 0.2) is 10.7 Å². The van der Waals surface area contributed by atoms with Crippen LogP contribution in [0.3, 0.4) is 0 Å². The summed E-state index contributed by atoms with van der Waals surface area (Å²) in [6.07, 6.45) is 1.83. The third kappa shape index (κ3) is 2.52. The number of carboxylic acids is 1. The van der Waals surface area contributed by atoms with Crippen LogP contribution in [-0.4, -0.2) is 35.7 Å². The monoisotopic (exact) mass is 309 g/mol. The summed E-state index contributed by atoms with van der Waals surface area (Å²) in [4.78, 5) is 23.4. The zero-order chi connectivity index (χ0) is 16.7. The molecule has 1 fully saturated rings. The van der Waals surface area contributed by atoms with E-state index in [4.69, 9.17) is 14.3 Å². The van der Waals surface area contributed by atoms with Gasteiger partial charge >= 0.3 is 5.97 Å². The van der Waals surface area contributed by atoms with E-state index in [9.17, 15) is 9.59 Å². The highest BCUT2D eigenvalue weighted by Crippen LogP contribution is 2.51. The summed E-state index contributed by atoms with van der Waals surface area (Å²) >= 11 is 0. The van der Waals surface area contributed by atoms with Crippen molar-refractivity contribution in [2.75, 3.05) is 7.11 Å². The molecule has 1 aliphatic carbocycles. The maximum atomic E-state index is 12.5. The molecule has 22 heavy (non-hydrogen) atoms. The Morgan fingerprint density at radius 2 is 2.09 bits per heavy atom. The fourth-order valence-electron chi connectivity index (χ4n) is 3.02. The molecule has 0 bridgehead atoms. The van der Waals surface area contributed by atoms with E-state index in [0.717, 1.165) is 0 Å². The highest BCUT2D eigenvalue weighted by molar-refractivity contribution is 5.97. The van der Waals surface area contributed by atoms with Gasteiger partial charge in [0.25, 0.3) is 5.91 Å². The molecule has 122 valence electrons. The van der Waals surface area contributed by atoms with Crippen LogP contribution >= 0.6 is 0 Å². The summed E-state index contributed by atoms with van der Waals surface area (Å²) in [5.74, 6) is -1.13. The number of carbonyl (C=O) groups is 2. The van der Waals surface area contributed by atoms with E-state index in [1.807, 2.05) is 20.8 Å². The Balaban J connectivity index is 2.15. The number of furan rings is 1. The number of aliphatic carboxylic acids is 1. The van der Waals surface area contributed by atoms with Gasteiger partial charge in [0.2, 0.25) is 0 Å². The van der Waals surface area contributed by atoms with Gasteiger partial charge in [-0.2, -0.15) is 0 Å². The second-order valence-electron chi connectivity index (χ2n) is 6.67. The first-order valence-corrected chi connectivity index (χ1v) is 7.27. The lowest BCUT2D eigenvalue weighted by atomic mass is 9.56. The number of aryl methyl sites for hydroxylation is 1. The number of nitrogens with one attached hydrogen (secondary N) is 1. The summed E-state index contributed by atoms with van der Waals surface area (Å²) < 4.78 is 10.8. The van der Waals surface area contributed by atoms with Crippen molar-refractivity contribution in [3.05, 3.63) is 23.2 Å². The Morgan fingerprint density at radius 3 is 2.59 bits per heavy atom. The minimum absolute atomic E-state index is 0.0306. The van der Waals surface area contributed by atoms with E-state index < -0.39 is 5.97 Å². The van der Waals surface area contributed by atoms with Gasteiger partial charge in [-0.05, 0) is 20.3 Å². The smallest absolute Gasteiger partial charge is 0.311 e. The predicted molar refractivity (Wildman–Crippen MR) is 79.9 cm³/mol. The first-order valence-electron chi connectivity index (χ1n) is 7.27. The molecule has 0 radical (unpaired) electrons. The molecule has 1 aromatic heterocycles. The lowest BCUT2D eigenvalue weighted by molar-refractivity contribution is -0.177. The van der Waals surface area contributed by atoms with Gasteiger partial charge in [-0.1, -0.05) is 13.8 Å². The average Bonchev–Trinajstić information content (AvgIpc) is 2.78. The van der Waals surface area contributed by atoms with E-state index in [0.29, 0.717) is 17.5 Å². The van der Waals surface area contributed by atoms with Gasteiger partial charge in [0.05, 0.1) is 17.4 Å². The minimum Gasteiger partial charge on any atom is -0.481 e. The van der Waals surface area contributed by atoms with Crippen molar-refractivity contribution in [1.29, 1.82) is 0 Å². The van der Waals surface area contributed by atoms with Crippen LogP contribution in [-0.2, 0) is 16.0 Å². The molecule has 0 saturated heterocycles. The zero-order valence-corrected chi connectivity index (χ0v) is 13.6. The first kappa shape index (κ1) is 16.5. The Kier molecular flexibility index (Phi) is 4.08. The van der Waals surface area contributed by atoms with Gasteiger partial charge in [0.15, 0.2) is 0 Å². The van der Waals surface area contributed by atoms with Crippen molar-refractivity contribution in [1.82, 2.24) is 5.32 Å².